The minimum absolute atomic E-state index is 0. The van der Waals surface area contributed by atoms with Crippen molar-refractivity contribution in [1.82, 2.24) is 10.2 Å². The summed E-state index contributed by atoms with van der Waals surface area (Å²) in [5.41, 5.74) is 3.49. The second-order valence-corrected chi connectivity index (χ2v) is 6.86. The summed E-state index contributed by atoms with van der Waals surface area (Å²) in [4.78, 5) is 6.87. The van der Waals surface area contributed by atoms with Crippen molar-refractivity contribution in [3.63, 3.8) is 0 Å². The molecule has 3 rings (SSSR count). The zero-order valence-electron chi connectivity index (χ0n) is 16.4. The third-order valence-corrected chi connectivity index (χ3v) is 4.58. The highest BCUT2D eigenvalue weighted by atomic mass is 127. The van der Waals surface area contributed by atoms with Crippen molar-refractivity contribution in [1.29, 1.82) is 0 Å². The molecule has 0 radical (unpaired) electrons. The normalized spacial score (nSPS) is 16.7. The van der Waals surface area contributed by atoms with Gasteiger partial charge in [-0.3, -0.25) is 0 Å². The summed E-state index contributed by atoms with van der Waals surface area (Å²) in [5.74, 6) is 0.875. The Morgan fingerprint density at radius 2 is 1.82 bits per heavy atom. The van der Waals surface area contributed by atoms with Crippen LogP contribution in [0.3, 0.4) is 0 Å². The second-order valence-electron chi connectivity index (χ2n) is 6.86. The van der Waals surface area contributed by atoms with E-state index in [4.69, 9.17) is 9.73 Å². The van der Waals surface area contributed by atoms with Crippen LogP contribution in [-0.2, 0) is 24.5 Å². The number of likely N-dealkylation sites (tertiary alicyclic amines) is 1. The number of nitrogens with one attached hydrogen (secondary N) is 1. The van der Waals surface area contributed by atoms with E-state index in [-0.39, 0.29) is 30.1 Å². The zero-order valence-corrected chi connectivity index (χ0v) is 18.7. The van der Waals surface area contributed by atoms with Crippen LogP contribution in [0.25, 0.3) is 0 Å². The van der Waals surface area contributed by atoms with Gasteiger partial charge in [-0.1, -0.05) is 54.6 Å². The fourth-order valence-electron chi connectivity index (χ4n) is 3.20. The maximum Gasteiger partial charge on any atom is 0.194 e. The Balaban J connectivity index is 0.00000280. The van der Waals surface area contributed by atoms with Gasteiger partial charge in [0, 0.05) is 19.6 Å². The topological polar surface area (TPSA) is 57.1 Å². The lowest BCUT2D eigenvalue weighted by atomic mass is 10.1. The van der Waals surface area contributed by atoms with Gasteiger partial charge >= 0.3 is 0 Å². The first-order valence-electron chi connectivity index (χ1n) is 9.65. The second kappa shape index (κ2) is 12.0. The summed E-state index contributed by atoms with van der Waals surface area (Å²) in [7, 11) is 0. The lowest BCUT2D eigenvalue weighted by Crippen LogP contribution is -2.40. The molecule has 6 heteroatoms. The van der Waals surface area contributed by atoms with E-state index in [0.717, 1.165) is 36.6 Å². The summed E-state index contributed by atoms with van der Waals surface area (Å²) < 4.78 is 5.83. The molecule has 2 aromatic rings. The summed E-state index contributed by atoms with van der Waals surface area (Å²) >= 11 is 0. The number of benzene rings is 2. The minimum Gasteiger partial charge on any atom is -0.391 e. The maximum absolute atomic E-state index is 9.76. The molecular weight excluding hydrogens is 465 g/mol. The monoisotopic (exact) mass is 495 g/mol. The van der Waals surface area contributed by atoms with Crippen LogP contribution >= 0.6 is 24.0 Å². The van der Waals surface area contributed by atoms with Crippen LogP contribution < -0.4 is 5.32 Å². The highest BCUT2D eigenvalue weighted by molar-refractivity contribution is 14.0. The van der Waals surface area contributed by atoms with Crippen LogP contribution in [0.2, 0.25) is 0 Å². The number of ether oxygens (including phenoxy) is 1. The van der Waals surface area contributed by atoms with Gasteiger partial charge in [-0.25, -0.2) is 4.99 Å². The Kier molecular flexibility index (Phi) is 9.73. The van der Waals surface area contributed by atoms with Crippen LogP contribution in [0.4, 0.5) is 0 Å². The third-order valence-electron chi connectivity index (χ3n) is 4.58. The predicted octanol–water partition coefficient (Wildman–Crippen LogP) is 3.55. The van der Waals surface area contributed by atoms with Gasteiger partial charge in [0.1, 0.15) is 0 Å². The van der Waals surface area contributed by atoms with Gasteiger partial charge in [-0.2, -0.15) is 0 Å². The number of halogens is 1. The average molecular weight is 495 g/mol. The van der Waals surface area contributed by atoms with Crippen LogP contribution in [-0.4, -0.2) is 41.7 Å². The standard InChI is InChI=1S/C22H29N3O2.HI/c1-2-23-22(25-12-11-21(26)15-25)24-14-19-9-6-10-20(13-19)17-27-16-18-7-4-3-5-8-18;/h3-10,13,21,26H,2,11-12,14-17H2,1H3,(H,23,24);1H/t21-;/m1./s1. The molecule has 0 bridgehead atoms. The molecule has 0 saturated carbocycles. The minimum atomic E-state index is -0.251. The van der Waals surface area contributed by atoms with Gasteiger partial charge < -0.3 is 20.1 Å². The molecule has 1 atom stereocenters. The zero-order chi connectivity index (χ0) is 18.9. The Hall–Kier alpha value is -1.64. The molecule has 0 aliphatic carbocycles. The molecule has 28 heavy (non-hydrogen) atoms. The number of β-amino-alcohol motifs (C(OH)–C–C–N with tert-alkyl or cyclic N) is 1. The largest absolute Gasteiger partial charge is 0.391 e. The molecular formula is C22H30IN3O2. The molecule has 0 aromatic heterocycles. The first kappa shape index (κ1) is 22.6. The Labute approximate surface area is 184 Å². The first-order chi connectivity index (χ1) is 13.2. The van der Waals surface area contributed by atoms with Crippen LogP contribution in [0.5, 0.6) is 0 Å². The Morgan fingerprint density at radius 1 is 1.11 bits per heavy atom. The van der Waals surface area contributed by atoms with Crippen molar-refractivity contribution in [2.75, 3.05) is 19.6 Å². The van der Waals surface area contributed by atoms with Crippen molar-refractivity contribution in [3.8, 4) is 0 Å². The fraction of sp³-hybridized carbons (Fsp3) is 0.409. The van der Waals surface area contributed by atoms with Gasteiger partial charge in [0.2, 0.25) is 0 Å². The molecule has 2 N–H and O–H groups in total. The molecule has 0 spiro atoms. The molecule has 2 aromatic carbocycles. The van der Waals surface area contributed by atoms with Gasteiger partial charge in [0.05, 0.1) is 25.9 Å². The van der Waals surface area contributed by atoms with E-state index < -0.39 is 0 Å². The third kappa shape index (κ3) is 7.07. The number of aliphatic hydroxyl groups is 1. The van der Waals surface area contributed by atoms with E-state index in [9.17, 15) is 5.11 Å². The van der Waals surface area contributed by atoms with E-state index in [1.165, 1.54) is 5.56 Å². The lowest BCUT2D eigenvalue weighted by molar-refractivity contribution is 0.107. The van der Waals surface area contributed by atoms with Crippen LogP contribution in [0.1, 0.15) is 30.0 Å². The van der Waals surface area contributed by atoms with Crippen LogP contribution in [0, 0.1) is 0 Å². The average Bonchev–Trinajstić information content (AvgIpc) is 3.12. The smallest absolute Gasteiger partial charge is 0.194 e. The number of guanidine groups is 1. The summed E-state index contributed by atoms with van der Waals surface area (Å²) in [6, 6.07) is 18.6. The molecule has 1 aliphatic heterocycles. The Morgan fingerprint density at radius 3 is 2.54 bits per heavy atom. The van der Waals surface area contributed by atoms with E-state index in [2.05, 4.69) is 53.5 Å². The molecule has 1 fully saturated rings. The van der Waals surface area contributed by atoms with Gasteiger partial charge in [-0.15, -0.1) is 24.0 Å². The quantitative estimate of drug-likeness (QED) is 0.351. The predicted molar refractivity (Wildman–Crippen MR) is 124 cm³/mol. The number of hydrogen-bond acceptors (Lipinski definition) is 3. The molecule has 0 amide bonds. The van der Waals surface area contributed by atoms with Crippen molar-refractivity contribution in [2.24, 2.45) is 4.99 Å². The van der Waals surface area contributed by atoms with Crippen molar-refractivity contribution in [3.05, 3.63) is 71.3 Å². The van der Waals surface area contributed by atoms with E-state index in [0.29, 0.717) is 26.3 Å². The highest BCUT2D eigenvalue weighted by Crippen LogP contribution is 2.12. The van der Waals surface area contributed by atoms with Gasteiger partial charge in [-0.05, 0) is 30.0 Å². The molecule has 1 aliphatic rings. The summed E-state index contributed by atoms with van der Waals surface area (Å²) in [6.45, 7) is 6.20. The molecule has 1 saturated heterocycles. The molecule has 0 unspecified atom stereocenters. The lowest BCUT2D eigenvalue weighted by Gasteiger charge is -2.21. The maximum atomic E-state index is 9.76. The number of aliphatic imine (C=N–C) groups is 1. The van der Waals surface area contributed by atoms with E-state index in [1.54, 1.807) is 0 Å². The van der Waals surface area contributed by atoms with Crippen molar-refractivity contribution in [2.45, 2.75) is 39.2 Å². The molecule has 152 valence electrons. The summed E-state index contributed by atoms with van der Waals surface area (Å²) in [6.07, 6.45) is 0.553. The SMILES string of the molecule is CCNC(=NCc1cccc(COCc2ccccc2)c1)N1CC[C@@H](O)C1.I. The fourth-order valence-corrected chi connectivity index (χ4v) is 3.20. The number of nitrogens with zero attached hydrogens (tertiary/aromatic N) is 2. The number of rotatable bonds is 7. The van der Waals surface area contributed by atoms with Crippen LogP contribution in [0.15, 0.2) is 59.6 Å². The van der Waals surface area contributed by atoms with Gasteiger partial charge in [0.25, 0.3) is 0 Å². The van der Waals surface area contributed by atoms with Crippen molar-refractivity contribution < 1.29 is 9.84 Å². The summed E-state index contributed by atoms with van der Waals surface area (Å²) in [5, 5.41) is 13.1. The molecule has 1 heterocycles. The highest BCUT2D eigenvalue weighted by Gasteiger charge is 2.22. The number of hydrogen-bond donors (Lipinski definition) is 2. The number of aliphatic hydroxyl groups excluding tert-OH is 1. The Bertz CT molecular complexity index is 740. The first-order valence-corrected chi connectivity index (χ1v) is 9.65. The van der Waals surface area contributed by atoms with E-state index in [1.807, 2.05) is 18.2 Å². The van der Waals surface area contributed by atoms with E-state index >= 15 is 0 Å². The van der Waals surface area contributed by atoms with Gasteiger partial charge in [0.15, 0.2) is 5.96 Å². The molecule has 5 nitrogen and oxygen atoms in total. The van der Waals surface area contributed by atoms with Crippen molar-refractivity contribution >= 4 is 29.9 Å².